The first-order valence-electron chi connectivity index (χ1n) is 4.60. The predicted molar refractivity (Wildman–Crippen MR) is 56.2 cm³/mol. The maximum absolute atomic E-state index is 12.4. The summed E-state index contributed by atoms with van der Waals surface area (Å²) in [5, 5.41) is 0.678. The molecule has 0 aliphatic heterocycles. The molecule has 9 heteroatoms. The number of carbonyl (C=O) groups is 2. The zero-order valence-electron chi connectivity index (χ0n) is 9.04. The third kappa shape index (κ3) is 3.13. The molecule has 0 saturated carbocycles. The number of hydrogen-bond donors (Lipinski definition) is 1. The highest BCUT2D eigenvalue weighted by Gasteiger charge is 2.36. The van der Waals surface area contributed by atoms with E-state index in [0.717, 1.165) is 0 Å². The van der Waals surface area contributed by atoms with Crippen LogP contribution in [0.2, 0.25) is 0 Å². The molecule has 1 heterocycles. The number of esters is 1. The van der Waals surface area contributed by atoms with Crippen LogP contribution in [0.5, 0.6) is 0 Å². The Hall–Kier alpha value is -1.77. The highest BCUT2D eigenvalue weighted by atomic mass is 32.1. The molecule has 0 amide bonds. The fraction of sp³-hybridized carbons (Fsp3) is 0.333. The van der Waals surface area contributed by atoms with E-state index in [1.165, 1.54) is 6.92 Å². The second-order valence-electron chi connectivity index (χ2n) is 2.96. The highest BCUT2D eigenvalue weighted by molar-refractivity contribution is 7.12. The number of alkyl halides is 3. The molecule has 1 aromatic heterocycles. The molecule has 1 rings (SSSR count). The topological polar surface area (TPSA) is 78.6 Å². The van der Waals surface area contributed by atoms with Gasteiger partial charge in [-0.25, -0.2) is 9.59 Å². The van der Waals surface area contributed by atoms with E-state index in [1.807, 2.05) is 0 Å². The molecule has 0 fully saturated rings. The van der Waals surface area contributed by atoms with E-state index in [-0.39, 0.29) is 6.61 Å². The zero-order chi connectivity index (χ0) is 13.9. The number of thiophene rings is 1. The van der Waals surface area contributed by atoms with E-state index < -0.39 is 34.4 Å². The molecule has 2 N–H and O–H groups in total. The zero-order valence-corrected chi connectivity index (χ0v) is 9.85. The van der Waals surface area contributed by atoms with Crippen molar-refractivity contribution in [2.45, 2.75) is 13.1 Å². The number of hydrogen-bond acceptors (Lipinski definition) is 6. The minimum atomic E-state index is -4.66. The Morgan fingerprint density at radius 2 is 2.06 bits per heavy atom. The molecule has 0 aliphatic rings. The van der Waals surface area contributed by atoms with Crippen LogP contribution in [0.3, 0.4) is 0 Å². The normalized spacial score (nSPS) is 11.1. The highest BCUT2D eigenvalue weighted by Crippen LogP contribution is 2.38. The smallest absolute Gasteiger partial charge is 0.434 e. The maximum Gasteiger partial charge on any atom is 0.516 e. The molecule has 1 aromatic rings. The van der Waals surface area contributed by atoms with Gasteiger partial charge in [0, 0.05) is 5.38 Å². The van der Waals surface area contributed by atoms with Crippen molar-refractivity contribution in [3.63, 3.8) is 0 Å². The molecule has 100 valence electrons. The Bertz CT molecular complexity index is 469. The van der Waals surface area contributed by atoms with Crippen molar-refractivity contribution >= 4 is 29.1 Å². The van der Waals surface area contributed by atoms with Gasteiger partial charge < -0.3 is 15.2 Å². The Balaban J connectivity index is 2.89. The minimum absolute atomic E-state index is 0.0279. The summed E-state index contributed by atoms with van der Waals surface area (Å²) in [5.74, 6) is -1.27. The number of ether oxygens (including phenoxy) is 2. The summed E-state index contributed by atoms with van der Waals surface area (Å²) in [6, 6.07) is 0. The Labute approximate surface area is 103 Å². The molecule has 0 bridgehead atoms. The lowest BCUT2D eigenvalue weighted by molar-refractivity contribution is -0.136. The van der Waals surface area contributed by atoms with Crippen LogP contribution < -0.4 is 5.73 Å². The lowest BCUT2D eigenvalue weighted by Crippen LogP contribution is -2.15. The number of rotatable bonds is 2. The standard InChI is InChI=1S/C9H8F3NO4S/c1-2-16-8(15)17-7(14)6-5(13)4(3-18-6)9(10,11)12/h3H,2,13H2,1H3. The van der Waals surface area contributed by atoms with Crippen molar-refractivity contribution in [2.75, 3.05) is 12.3 Å². The summed E-state index contributed by atoms with van der Waals surface area (Å²) < 4.78 is 45.6. The van der Waals surface area contributed by atoms with Gasteiger partial charge in [0.05, 0.1) is 17.9 Å². The van der Waals surface area contributed by atoms with Gasteiger partial charge in [-0.3, -0.25) is 0 Å². The fourth-order valence-corrected chi connectivity index (χ4v) is 1.89. The SMILES string of the molecule is CCOC(=O)OC(=O)c1scc(C(F)(F)F)c1N. The maximum atomic E-state index is 12.4. The van der Waals surface area contributed by atoms with Gasteiger partial charge in [-0.1, -0.05) is 0 Å². The molecule has 0 unspecified atom stereocenters. The number of nitrogens with two attached hydrogens (primary N) is 1. The van der Waals surface area contributed by atoms with Crippen molar-refractivity contribution in [1.82, 2.24) is 0 Å². The van der Waals surface area contributed by atoms with Gasteiger partial charge in [0.15, 0.2) is 0 Å². The Kier molecular flexibility index (Phi) is 4.17. The first-order valence-corrected chi connectivity index (χ1v) is 5.48. The number of anilines is 1. The van der Waals surface area contributed by atoms with Crippen LogP contribution in [0, 0.1) is 0 Å². The minimum Gasteiger partial charge on any atom is -0.434 e. The van der Waals surface area contributed by atoms with E-state index in [9.17, 15) is 22.8 Å². The lowest BCUT2D eigenvalue weighted by Gasteiger charge is -2.05. The second kappa shape index (κ2) is 5.25. The predicted octanol–water partition coefficient (Wildman–Crippen LogP) is 2.66. The average molecular weight is 283 g/mol. The molecule has 5 nitrogen and oxygen atoms in total. The number of carbonyl (C=O) groups excluding carboxylic acids is 2. The van der Waals surface area contributed by atoms with E-state index in [1.54, 1.807) is 0 Å². The quantitative estimate of drug-likeness (QED) is 0.666. The molecular formula is C9H8F3NO4S. The van der Waals surface area contributed by atoms with E-state index in [0.29, 0.717) is 16.7 Å². The Morgan fingerprint density at radius 3 is 2.50 bits per heavy atom. The molecule has 0 saturated heterocycles. The van der Waals surface area contributed by atoms with Gasteiger partial charge in [0.25, 0.3) is 0 Å². The molecule has 0 aromatic carbocycles. The molecular weight excluding hydrogens is 275 g/mol. The summed E-state index contributed by atoms with van der Waals surface area (Å²) in [6.45, 7) is 1.45. The second-order valence-corrected chi connectivity index (χ2v) is 3.84. The van der Waals surface area contributed by atoms with E-state index in [4.69, 9.17) is 5.73 Å². The van der Waals surface area contributed by atoms with Crippen molar-refractivity contribution < 1.29 is 32.2 Å². The van der Waals surface area contributed by atoms with Crippen molar-refractivity contribution in [2.24, 2.45) is 0 Å². The molecule has 0 radical (unpaired) electrons. The monoisotopic (exact) mass is 283 g/mol. The van der Waals surface area contributed by atoms with Gasteiger partial charge in [-0.15, -0.1) is 11.3 Å². The lowest BCUT2D eigenvalue weighted by atomic mass is 10.2. The largest absolute Gasteiger partial charge is 0.516 e. The fourth-order valence-electron chi connectivity index (χ4n) is 1.01. The van der Waals surface area contributed by atoms with Crippen LogP contribution in [-0.2, 0) is 15.7 Å². The first kappa shape index (κ1) is 14.3. The van der Waals surface area contributed by atoms with E-state index >= 15 is 0 Å². The summed E-state index contributed by atoms with van der Waals surface area (Å²) >= 11 is 0.444. The number of nitrogen functional groups attached to an aromatic ring is 1. The number of halogens is 3. The van der Waals surface area contributed by atoms with Gasteiger partial charge in [-0.05, 0) is 6.92 Å². The summed E-state index contributed by atoms with van der Waals surface area (Å²) in [5.41, 5.74) is 3.28. The van der Waals surface area contributed by atoms with Crippen LogP contribution in [0.1, 0.15) is 22.2 Å². The van der Waals surface area contributed by atoms with Crippen LogP contribution >= 0.6 is 11.3 Å². The first-order chi connectivity index (χ1) is 8.27. The third-order valence-corrected chi connectivity index (χ3v) is 2.73. The Morgan fingerprint density at radius 1 is 1.44 bits per heavy atom. The summed E-state index contributed by atoms with van der Waals surface area (Å²) in [6.07, 6.45) is -5.95. The van der Waals surface area contributed by atoms with Crippen LogP contribution in [0.4, 0.5) is 23.7 Å². The van der Waals surface area contributed by atoms with Gasteiger partial charge >= 0.3 is 18.3 Å². The van der Waals surface area contributed by atoms with Crippen molar-refractivity contribution in [3.8, 4) is 0 Å². The molecule has 0 aliphatic carbocycles. The molecule has 0 atom stereocenters. The average Bonchev–Trinajstić information content (AvgIpc) is 2.59. The van der Waals surface area contributed by atoms with Crippen molar-refractivity contribution in [3.05, 3.63) is 15.8 Å². The third-order valence-electron chi connectivity index (χ3n) is 1.76. The summed E-state index contributed by atoms with van der Waals surface area (Å²) in [7, 11) is 0. The van der Waals surface area contributed by atoms with Crippen LogP contribution in [0.25, 0.3) is 0 Å². The van der Waals surface area contributed by atoms with Gasteiger partial charge in [0.2, 0.25) is 0 Å². The van der Waals surface area contributed by atoms with Crippen molar-refractivity contribution in [1.29, 1.82) is 0 Å². The molecule has 18 heavy (non-hydrogen) atoms. The van der Waals surface area contributed by atoms with E-state index in [2.05, 4.69) is 9.47 Å². The summed E-state index contributed by atoms with van der Waals surface area (Å²) in [4.78, 5) is 21.7. The van der Waals surface area contributed by atoms with Crippen LogP contribution in [0.15, 0.2) is 5.38 Å². The van der Waals surface area contributed by atoms with Gasteiger partial charge in [-0.2, -0.15) is 13.2 Å². The van der Waals surface area contributed by atoms with Crippen LogP contribution in [-0.4, -0.2) is 18.7 Å². The molecule has 0 spiro atoms. The van der Waals surface area contributed by atoms with Gasteiger partial charge in [0.1, 0.15) is 4.88 Å².